The fourth-order valence-corrected chi connectivity index (χ4v) is 3.04. The monoisotopic (exact) mass is 396 g/mol. The first kappa shape index (κ1) is 22.8. The van der Waals surface area contributed by atoms with Gasteiger partial charge in [-0.3, -0.25) is 9.69 Å². The minimum absolute atomic E-state index is 0. The van der Waals surface area contributed by atoms with Gasteiger partial charge in [-0.2, -0.15) is 0 Å². The van der Waals surface area contributed by atoms with E-state index in [-0.39, 0.29) is 53.2 Å². The third-order valence-electron chi connectivity index (χ3n) is 4.43. The Morgan fingerprint density at radius 1 is 0.828 bits per heavy atom. The van der Waals surface area contributed by atoms with Crippen LogP contribution in [-0.2, 0) is 13.1 Å². The van der Waals surface area contributed by atoms with Crippen LogP contribution in [0.1, 0.15) is 31.8 Å². The number of phenols is 1. The van der Waals surface area contributed by atoms with Crippen molar-refractivity contribution < 1.29 is 44.3 Å². The average molecular weight is 396 g/mol. The van der Waals surface area contributed by atoms with Gasteiger partial charge in [0.25, 0.3) is 0 Å². The molecule has 0 aliphatic carbocycles. The second-order valence-electron chi connectivity index (χ2n) is 6.60. The van der Waals surface area contributed by atoms with E-state index in [1.807, 2.05) is 65.6 Å². The van der Waals surface area contributed by atoms with Crippen LogP contribution in [0.3, 0.4) is 0 Å². The number of rotatable bonds is 8. The molecule has 0 unspecified atom stereocenters. The number of benzene rings is 3. The molecule has 29 heavy (non-hydrogen) atoms. The zero-order valence-corrected chi connectivity index (χ0v) is 18.3. The third-order valence-corrected chi connectivity index (χ3v) is 4.43. The van der Waals surface area contributed by atoms with E-state index in [1.165, 1.54) is 18.2 Å². The van der Waals surface area contributed by atoms with Gasteiger partial charge in [-0.1, -0.05) is 60.7 Å². The van der Waals surface area contributed by atoms with Gasteiger partial charge in [0.05, 0.1) is 12.5 Å². The number of aromatic hydroxyl groups is 1. The fraction of sp³-hybridized carbons (Fsp3) is 0.130. The van der Waals surface area contributed by atoms with E-state index >= 15 is 0 Å². The minimum atomic E-state index is -1.02. The summed E-state index contributed by atoms with van der Waals surface area (Å²) in [4.78, 5) is 26.2. The predicted octanol–water partition coefficient (Wildman–Crippen LogP) is 1.47. The molecule has 5 nitrogen and oxygen atoms in total. The maximum absolute atomic E-state index is 12.8. The summed E-state index contributed by atoms with van der Waals surface area (Å²) in [6, 6.07) is 23.9. The molecule has 3 aromatic rings. The number of carbonyl (C=O) groups is 2. The van der Waals surface area contributed by atoms with Crippen molar-refractivity contribution in [2.75, 3.05) is 6.54 Å². The van der Waals surface area contributed by atoms with Crippen LogP contribution in [0.4, 0.5) is 0 Å². The van der Waals surface area contributed by atoms with Gasteiger partial charge in [0, 0.05) is 24.2 Å². The van der Waals surface area contributed by atoms with Gasteiger partial charge in [-0.25, -0.2) is 0 Å². The molecule has 0 atom stereocenters. The second kappa shape index (κ2) is 10.9. The Morgan fingerprint density at radius 3 is 1.83 bits per heavy atom. The molecule has 0 aliphatic heterocycles. The molecular weight excluding hydrogens is 375 g/mol. The molecule has 0 saturated heterocycles. The molecule has 0 saturated carbocycles. The molecule has 0 aromatic heterocycles. The quantitative estimate of drug-likeness (QED) is 0.462. The Hall–Kier alpha value is -2.44. The van der Waals surface area contributed by atoms with Gasteiger partial charge in [0.2, 0.25) is 0 Å². The molecule has 0 spiro atoms. The molecule has 0 radical (unpaired) electrons. The molecule has 0 aliphatic rings. The SMILES string of the molecule is [NH-]C(=O)c1cc(C(=O)CN(Cc2ccccc2)Cc2ccccc2)ccc1O.[Na+]. The van der Waals surface area contributed by atoms with Crippen LogP contribution in [0.15, 0.2) is 78.9 Å². The van der Waals surface area contributed by atoms with E-state index in [1.54, 1.807) is 0 Å². The molecule has 0 fully saturated rings. The van der Waals surface area contributed by atoms with Crippen LogP contribution >= 0.6 is 0 Å². The van der Waals surface area contributed by atoms with Gasteiger partial charge in [-0.05, 0) is 29.3 Å². The fourth-order valence-electron chi connectivity index (χ4n) is 3.04. The standard InChI is InChI=1S/C23H22N2O3.Na/c24-23(28)20-13-19(11-12-21(20)26)22(27)16-25(14-17-7-3-1-4-8-17)15-18-9-5-2-6-10-18;/h1-13H,14-16H2,(H3,24,26,27,28);/q;+1/p-1. The molecule has 3 rings (SSSR count). The summed E-state index contributed by atoms with van der Waals surface area (Å²) >= 11 is 0. The van der Waals surface area contributed by atoms with Crippen LogP contribution in [0, 0.1) is 0 Å². The number of nitrogens with one attached hydrogen (secondary N) is 1. The van der Waals surface area contributed by atoms with Crippen molar-refractivity contribution in [2.24, 2.45) is 0 Å². The maximum Gasteiger partial charge on any atom is 1.00 e. The zero-order chi connectivity index (χ0) is 19.9. The first-order chi connectivity index (χ1) is 13.5. The largest absolute Gasteiger partial charge is 1.00 e. The van der Waals surface area contributed by atoms with Crippen molar-refractivity contribution in [2.45, 2.75) is 13.1 Å². The van der Waals surface area contributed by atoms with Gasteiger partial charge >= 0.3 is 29.6 Å². The van der Waals surface area contributed by atoms with Gasteiger partial charge in [0.1, 0.15) is 5.75 Å². The number of hydrogen-bond acceptors (Lipinski definition) is 4. The van der Waals surface area contributed by atoms with E-state index in [0.29, 0.717) is 18.7 Å². The summed E-state index contributed by atoms with van der Waals surface area (Å²) in [7, 11) is 0. The maximum atomic E-state index is 12.8. The average Bonchev–Trinajstić information content (AvgIpc) is 2.69. The summed E-state index contributed by atoms with van der Waals surface area (Å²) in [6.07, 6.45) is 0. The Bertz CT molecular complexity index is 921. The Kier molecular flexibility index (Phi) is 8.61. The van der Waals surface area contributed by atoms with Crippen LogP contribution in [0.2, 0.25) is 0 Å². The Balaban J connectivity index is 0.00000300. The minimum Gasteiger partial charge on any atom is -0.663 e. The van der Waals surface area contributed by atoms with E-state index in [9.17, 15) is 14.7 Å². The van der Waals surface area contributed by atoms with E-state index in [2.05, 4.69) is 0 Å². The summed E-state index contributed by atoms with van der Waals surface area (Å²) in [5.74, 6) is -1.48. The van der Waals surface area contributed by atoms with E-state index < -0.39 is 5.91 Å². The molecule has 3 aromatic carbocycles. The molecule has 1 amide bonds. The van der Waals surface area contributed by atoms with Crippen molar-refractivity contribution in [3.63, 3.8) is 0 Å². The first-order valence-electron chi connectivity index (χ1n) is 8.95. The van der Waals surface area contributed by atoms with Crippen molar-refractivity contribution in [1.29, 1.82) is 0 Å². The summed E-state index contributed by atoms with van der Waals surface area (Å²) in [5, 5.41) is 9.70. The van der Waals surface area contributed by atoms with Gasteiger partial charge in [0.15, 0.2) is 5.78 Å². The van der Waals surface area contributed by atoms with E-state index in [0.717, 1.165) is 11.1 Å². The number of carbonyl (C=O) groups excluding carboxylic acids is 2. The van der Waals surface area contributed by atoms with Crippen LogP contribution in [-0.4, -0.2) is 28.2 Å². The Morgan fingerprint density at radius 2 is 1.34 bits per heavy atom. The summed E-state index contributed by atoms with van der Waals surface area (Å²) < 4.78 is 0. The number of nitrogens with zero attached hydrogens (tertiary/aromatic N) is 1. The summed E-state index contributed by atoms with van der Waals surface area (Å²) in [6.45, 7) is 1.35. The van der Waals surface area contributed by atoms with Crippen LogP contribution < -0.4 is 29.6 Å². The predicted molar refractivity (Wildman–Crippen MR) is 108 cm³/mol. The van der Waals surface area contributed by atoms with Crippen molar-refractivity contribution in [1.82, 2.24) is 4.90 Å². The topological polar surface area (TPSA) is 81.4 Å². The Labute approximate surface area is 192 Å². The number of amides is 1. The van der Waals surface area contributed by atoms with Gasteiger partial charge < -0.3 is 15.6 Å². The molecular formula is C23H21N2NaO3. The number of phenolic OH excluding ortho intramolecular Hbond substituents is 1. The molecule has 0 bridgehead atoms. The third kappa shape index (κ3) is 6.54. The van der Waals surface area contributed by atoms with Crippen molar-refractivity contribution in [3.05, 3.63) is 107 Å². The number of Topliss-reactive ketones (excluding diaryl/α,β-unsaturated/α-hetero) is 1. The van der Waals surface area contributed by atoms with Gasteiger partial charge in [-0.15, -0.1) is 0 Å². The van der Waals surface area contributed by atoms with Crippen molar-refractivity contribution in [3.8, 4) is 5.75 Å². The summed E-state index contributed by atoms with van der Waals surface area (Å²) in [5.41, 5.74) is 9.55. The normalized spacial score (nSPS) is 10.4. The smallest absolute Gasteiger partial charge is 0.663 e. The first-order valence-corrected chi connectivity index (χ1v) is 8.95. The molecule has 0 heterocycles. The van der Waals surface area contributed by atoms with E-state index in [4.69, 9.17) is 5.73 Å². The second-order valence-corrected chi connectivity index (χ2v) is 6.60. The van der Waals surface area contributed by atoms with Crippen LogP contribution in [0.5, 0.6) is 5.75 Å². The number of hydrogen-bond donors (Lipinski definition) is 1. The molecule has 2 N–H and O–H groups in total. The van der Waals surface area contributed by atoms with Crippen LogP contribution in [0.25, 0.3) is 5.73 Å². The molecule has 6 heteroatoms. The molecule has 142 valence electrons. The number of ketones is 1. The zero-order valence-electron chi connectivity index (χ0n) is 16.3. The van der Waals surface area contributed by atoms with Crippen molar-refractivity contribution >= 4 is 11.7 Å².